The van der Waals surface area contributed by atoms with Crippen molar-refractivity contribution in [3.63, 3.8) is 0 Å². The zero-order valence-corrected chi connectivity index (χ0v) is 29.5. The maximum absolute atomic E-state index is 10.3. The predicted octanol–water partition coefficient (Wildman–Crippen LogP) is 12.4. The van der Waals surface area contributed by atoms with Crippen molar-refractivity contribution in [3.8, 4) is 40.3 Å². The Morgan fingerprint density at radius 1 is 0.327 bits per heavy atom. The van der Waals surface area contributed by atoms with Crippen LogP contribution in [0.1, 0.15) is 11.1 Å². The average molecular weight is 700 g/mol. The van der Waals surface area contributed by atoms with Gasteiger partial charge < -0.3 is 13.7 Å². The van der Waals surface area contributed by atoms with Gasteiger partial charge in [-0.05, 0) is 83.9 Å². The molecule has 0 radical (unpaired) electrons. The van der Waals surface area contributed by atoms with Gasteiger partial charge in [0, 0.05) is 43.7 Å². The lowest BCUT2D eigenvalue weighted by Gasteiger charge is -2.14. The third kappa shape index (κ3) is 4.45. The molecule has 0 bridgehead atoms. The lowest BCUT2D eigenvalue weighted by atomic mass is 10.0. The van der Waals surface area contributed by atoms with Crippen LogP contribution in [0.4, 0.5) is 0 Å². The molecule has 8 aromatic carbocycles. The van der Waals surface area contributed by atoms with Crippen LogP contribution in [0.15, 0.2) is 176 Å². The molecule has 0 amide bonds. The third-order valence-electron chi connectivity index (χ3n) is 11.1. The van der Waals surface area contributed by atoms with E-state index in [1.807, 2.05) is 42.5 Å². The van der Waals surface area contributed by atoms with E-state index in [9.17, 15) is 10.5 Å². The molecule has 0 fully saturated rings. The summed E-state index contributed by atoms with van der Waals surface area (Å²) in [6, 6.07) is 66.0. The Bertz CT molecular complexity index is 3400. The predicted molar refractivity (Wildman–Crippen MR) is 224 cm³/mol. The second-order valence-corrected chi connectivity index (χ2v) is 14.0. The number of benzene rings is 8. The fourth-order valence-corrected chi connectivity index (χ4v) is 8.73. The summed E-state index contributed by atoms with van der Waals surface area (Å²) in [7, 11) is 0. The minimum Gasteiger partial charge on any atom is -0.309 e. The summed E-state index contributed by atoms with van der Waals surface area (Å²) in [6.07, 6.45) is 0. The topological polar surface area (TPSA) is 62.4 Å². The van der Waals surface area contributed by atoms with Gasteiger partial charge in [0.25, 0.3) is 0 Å². The first-order valence-corrected chi connectivity index (χ1v) is 18.3. The molecule has 0 saturated carbocycles. The van der Waals surface area contributed by atoms with Gasteiger partial charge in [0.2, 0.25) is 0 Å². The van der Waals surface area contributed by atoms with Gasteiger partial charge in [-0.25, -0.2) is 0 Å². The summed E-state index contributed by atoms with van der Waals surface area (Å²) in [5.41, 5.74) is 12.5. The minimum absolute atomic E-state index is 0.543. The first-order valence-electron chi connectivity index (χ1n) is 18.3. The highest BCUT2D eigenvalue weighted by Gasteiger charge is 2.19. The average Bonchev–Trinajstić information content (AvgIpc) is 3.89. The molecule has 5 nitrogen and oxygen atoms in total. The third-order valence-corrected chi connectivity index (χ3v) is 11.1. The summed E-state index contributed by atoms with van der Waals surface area (Å²) in [5, 5.41) is 27.3. The van der Waals surface area contributed by atoms with Crippen molar-refractivity contribution in [1.29, 1.82) is 10.5 Å². The van der Waals surface area contributed by atoms with Crippen molar-refractivity contribution in [3.05, 3.63) is 187 Å². The van der Waals surface area contributed by atoms with Gasteiger partial charge in [-0.3, -0.25) is 0 Å². The van der Waals surface area contributed by atoms with E-state index in [0.717, 1.165) is 61.0 Å². The molecule has 11 rings (SSSR count). The number of aromatic nitrogens is 3. The highest BCUT2D eigenvalue weighted by molar-refractivity contribution is 6.13. The van der Waals surface area contributed by atoms with Gasteiger partial charge in [-0.2, -0.15) is 10.5 Å². The second-order valence-electron chi connectivity index (χ2n) is 14.0. The Morgan fingerprint density at radius 3 is 1.42 bits per heavy atom. The minimum atomic E-state index is 0.543. The van der Waals surface area contributed by atoms with E-state index in [2.05, 4.69) is 159 Å². The van der Waals surface area contributed by atoms with Crippen molar-refractivity contribution >= 4 is 65.4 Å². The summed E-state index contributed by atoms with van der Waals surface area (Å²) in [4.78, 5) is 0. The Morgan fingerprint density at radius 2 is 0.800 bits per heavy atom. The first-order chi connectivity index (χ1) is 27.2. The fourth-order valence-electron chi connectivity index (χ4n) is 8.73. The van der Waals surface area contributed by atoms with Crippen LogP contribution < -0.4 is 0 Å². The van der Waals surface area contributed by atoms with Gasteiger partial charge in [0.05, 0.1) is 49.9 Å². The zero-order chi connectivity index (χ0) is 36.6. The standard InChI is InChI=1S/C50H29N5/c51-30-34-21-20-33(28-49(34)55-47-19-8-3-13-40(47)42-15-9-10-35(31-52)50(42)55)32-22-24-36(25-23-32)53-46-18-7-4-14-41(46)43-29-37(26-27-48(43)53)54-44-16-5-1-11-38(44)39-12-2-6-17-45(39)54/h1-29H. The van der Waals surface area contributed by atoms with Crippen LogP contribution in [0.5, 0.6) is 0 Å². The molecule has 5 heteroatoms. The molecule has 0 N–H and O–H groups in total. The smallest absolute Gasteiger partial charge is 0.101 e. The van der Waals surface area contributed by atoms with Gasteiger partial charge in [0.1, 0.15) is 12.1 Å². The van der Waals surface area contributed by atoms with Crippen LogP contribution in [0.3, 0.4) is 0 Å². The molecular formula is C50H29N5. The van der Waals surface area contributed by atoms with Crippen LogP contribution >= 0.6 is 0 Å². The summed E-state index contributed by atoms with van der Waals surface area (Å²) >= 11 is 0. The first kappa shape index (κ1) is 30.7. The maximum Gasteiger partial charge on any atom is 0.101 e. The largest absolute Gasteiger partial charge is 0.309 e. The summed E-state index contributed by atoms with van der Waals surface area (Å²) in [6.45, 7) is 0. The lowest BCUT2D eigenvalue weighted by molar-refractivity contribution is 1.16. The van der Waals surface area contributed by atoms with Gasteiger partial charge in [-0.1, -0.05) is 103 Å². The van der Waals surface area contributed by atoms with Crippen molar-refractivity contribution in [2.24, 2.45) is 0 Å². The normalized spacial score (nSPS) is 11.6. The molecule has 0 aliphatic carbocycles. The van der Waals surface area contributed by atoms with Crippen molar-refractivity contribution in [1.82, 2.24) is 13.7 Å². The van der Waals surface area contributed by atoms with Gasteiger partial charge in [-0.15, -0.1) is 0 Å². The van der Waals surface area contributed by atoms with Crippen LogP contribution in [0, 0.1) is 22.7 Å². The van der Waals surface area contributed by atoms with E-state index in [-0.39, 0.29) is 0 Å². The van der Waals surface area contributed by atoms with Crippen LogP contribution in [-0.2, 0) is 0 Å². The highest BCUT2D eigenvalue weighted by atomic mass is 15.0. The van der Waals surface area contributed by atoms with E-state index in [4.69, 9.17) is 0 Å². The van der Waals surface area contributed by atoms with Gasteiger partial charge in [0.15, 0.2) is 0 Å². The zero-order valence-electron chi connectivity index (χ0n) is 29.5. The lowest BCUT2D eigenvalue weighted by Crippen LogP contribution is -2.00. The molecule has 0 saturated heterocycles. The Balaban J connectivity index is 1.05. The Hall–Kier alpha value is -7.86. The van der Waals surface area contributed by atoms with E-state index in [0.29, 0.717) is 11.1 Å². The molecule has 0 unspecified atom stereocenters. The van der Waals surface area contributed by atoms with Crippen molar-refractivity contribution < 1.29 is 0 Å². The van der Waals surface area contributed by atoms with Crippen molar-refractivity contribution in [2.45, 2.75) is 0 Å². The van der Waals surface area contributed by atoms with E-state index < -0.39 is 0 Å². The monoisotopic (exact) mass is 699 g/mol. The van der Waals surface area contributed by atoms with Gasteiger partial charge >= 0.3 is 0 Å². The summed E-state index contributed by atoms with van der Waals surface area (Å²) in [5.74, 6) is 0. The quantitative estimate of drug-likeness (QED) is 0.184. The maximum atomic E-state index is 10.3. The summed E-state index contributed by atoms with van der Waals surface area (Å²) < 4.78 is 6.79. The number of fused-ring (bicyclic) bond motifs is 9. The van der Waals surface area contributed by atoms with E-state index in [1.54, 1.807) is 0 Å². The Kier molecular flexibility index (Phi) is 6.61. The number of nitriles is 2. The molecular weight excluding hydrogens is 671 g/mol. The molecule has 0 aliphatic rings. The van der Waals surface area contributed by atoms with Crippen LogP contribution in [-0.4, -0.2) is 13.7 Å². The molecule has 0 atom stereocenters. The number of hydrogen-bond donors (Lipinski definition) is 0. The molecule has 0 aliphatic heterocycles. The second kappa shape index (κ2) is 11.8. The van der Waals surface area contributed by atoms with E-state index in [1.165, 1.54) is 32.6 Å². The molecule has 11 aromatic rings. The molecule has 0 spiro atoms. The molecule has 55 heavy (non-hydrogen) atoms. The van der Waals surface area contributed by atoms with E-state index >= 15 is 0 Å². The molecule has 254 valence electrons. The Labute approximate surface area is 316 Å². The fraction of sp³-hybridized carbons (Fsp3) is 0. The van der Waals surface area contributed by atoms with Crippen molar-refractivity contribution in [2.75, 3.05) is 0 Å². The number of para-hydroxylation sites is 5. The number of hydrogen-bond acceptors (Lipinski definition) is 2. The molecule has 3 heterocycles. The van der Waals surface area contributed by atoms with Crippen LogP contribution in [0.25, 0.3) is 93.6 Å². The van der Waals surface area contributed by atoms with Crippen LogP contribution in [0.2, 0.25) is 0 Å². The SMILES string of the molecule is N#Cc1ccc(-c2ccc(-n3c4ccccc4c4cc(-n5c6ccccc6c6ccccc65)ccc43)cc2)cc1-n1c2ccccc2c2cccc(C#N)c21. The number of nitrogens with zero attached hydrogens (tertiary/aromatic N) is 5. The molecule has 3 aromatic heterocycles. The number of rotatable bonds is 4. The highest BCUT2D eigenvalue weighted by Crippen LogP contribution is 2.39.